The third-order valence-electron chi connectivity index (χ3n) is 3.76. The Morgan fingerprint density at radius 1 is 0.640 bits per heavy atom. The van der Waals surface area contributed by atoms with Crippen LogP contribution in [0.1, 0.15) is 16.7 Å². The summed E-state index contributed by atoms with van der Waals surface area (Å²) in [6.45, 7) is 0. The molecule has 4 nitrogen and oxygen atoms in total. The molecule has 0 spiro atoms. The van der Waals surface area contributed by atoms with Crippen LogP contribution in [-0.2, 0) is 9.63 Å². The first-order valence-electron chi connectivity index (χ1n) is 7.76. The van der Waals surface area contributed by atoms with Gasteiger partial charge in [-0.1, -0.05) is 91.0 Å². The third-order valence-corrected chi connectivity index (χ3v) is 3.76. The van der Waals surface area contributed by atoms with Crippen molar-refractivity contribution >= 4 is 17.1 Å². The Morgan fingerprint density at radius 2 is 1.04 bits per heavy atom. The van der Waals surface area contributed by atoms with E-state index in [1.165, 1.54) is 0 Å². The molecule has 3 rings (SSSR count). The van der Waals surface area contributed by atoms with E-state index in [1.807, 2.05) is 78.9 Å². The Balaban J connectivity index is 2.34. The first-order valence-corrected chi connectivity index (χ1v) is 7.76. The zero-order valence-electron chi connectivity index (χ0n) is 13.3. The van der Waals surface area contributed by atoms with Gasteiger partial charge in [-0.3, -0.25) is 4.84 Å². The number of carbonyl (C=O) groups is 1. The Labute approximate surface area is 145 Å². The van der Waals surface area contributed by atoms with Crippen LogP contribution in [0.5, 0.6) is 0 Å². The van der Waals surface area contributed by atoms with E-state index in [9.17, 15) is 9.70 Å². The third kappa shape index (κ3) is 3.70. The molecule has 0 amide bonds. The number of benzene rings is 3. The van der Waals surface area contributed by atoms with E-state index < -0.39 is 5.97 Å². The summed E-state index contributed by atoms with van der Waals surface area (Å²) in [5.41, 5.74) is 3.31. The molecular formula is C21H15NO3. The van der Waals surface area contributed by atoms with E-state index in [2.05, 4.69) is 10.2 Å². The fourth-order valence-electron chi connectivity index (χ4n) is 2.71. The van der Waals surface area contributed by atoms with Gasteiger partial charge in [0, 0.05) is 5.57 Å². The molecule has 0 bridgehead atoms. The summed E-state index contributed by atoms with van der Waals surface area (Å²) in [6, 6.07) is 28.1. The molecule has 0 aliphatic heterocycles. The summed E-state index contributed by atoms with van der Waals surface area (Å²) in [7, 11) is 0. The zero-order chi connectivity index (χ0) is 17.5. The lowest BCUT2D eigenvalue weighted by Crippen LogP contribution is -2.07. The normalized spacial score (nSPS) is 9.92. The van der Waals surface area contributed by atoms with Gasteiger partial charge in [-0.15, -0.1) is 4.91 Å². The van der Waals surface area contributed by atoms with E-state index in [4.69, 9.17) is 0 Å². The van der Waals surface area contributed by atoms with Gasteiger partial charge >= 0.3 is 5.97 Å². The topological polar surface area (TPSA) is 55.7 Å². The van der Waals surface area contributed by atoms with Gasteiger partial charge in [0.25, 0.3) is 0 Å². The molecule has 0 aromatic heterocycles. The zero-order valence-corrected chi connectivity index (χ0v) is 13.3. The lowest BCUT2D eigenvalue weighted by molar-refractivity contribution is -0.136. The van der Waals surface area contributed by atoms with Crippen molar-refractivity contribution in [3.8, 4) is 0 Å². The molecule has 0 radical (unpaired) electrons. The molecule has 0 N–H and O–H groups in total. The smallest absolute Gasteiger partial charge is 0.279 e. The fourth-order valence-corrected chi connectivity index (χ4v) is 2.71. The van der Waals surface area contributed by atoms with Crippen LogP contribution in [0, 0.1) is 4.91 Å². The molecule has 0 unspecified atom stereocenters. The molecule has 0 atom stereocenters. The van der Waals surface area contributed by atoms with Gasteiger partial charge in [0.05, 0.1) is 5.57 Å². The first-order chi connectivity index (χ1) is 12.3. The average Bonchev–Trinajstić information content (AvgIpc) is 2.68. The van der Waals surface area contributed by atoms with Crippen LogP contribution < -0.4 is 0 Å². The minimum absolute atomic E-state index is 0.289. The fraction of sp³-hybridized carbons (Fsp3) is 0. The van der Waals surface area contributed by atoms with E-state index in [0.717, 1.165) is 11.1 Å². The molecule has 0 heterocycles. The van der Waals surface area contributed by atoms with Crippen molar-refractivity contribution < 1.29 is 9.63 Å². The van der Waals surface area contributed by atoms with Crippen molar-refractivity contribution in [2.45, 2.75) is 0 Å². The molecule has 0 saturated heterocycles. The van der Waals surface area contributed by atoms with Crippen LogP contribution in [0.2, 0.25) is 0 Å². The first kappa shape index (κ1) is 16.3. The number of carbonyl (C=O) groups excluding carboxylic acids is 1. The highest BCUT2D eigenvalue weighted by Crippen LogP contribution is 2.33. The van der Waals surface area contributed by atoms with Gasteiger partial charge in [0.15, 0.2) is 5.34 Å². The number of rotatable bonds is 5. The summed E-state index contributed by atoms with van der Waals surface area (Å²) in [5, 5.41) is 2.32. The van der Waals surface area contributed by atoms with Crippen LogP contribution in [0.4, 0.5) is 0 Å². The highest BCUT2D eigenvalue weighted by atomic mass is 16.7. The van der Waals surface area contributed by atoms with Crippen LogP contribution in [0.3, 0.4) is 0 Å². The molecule has 122 valence electrons. The van der Waals surface area contributed by atoms with Crippen molar-refractivity contribution in [1.82, 2.24) is 0 Å². The van der Waals surface area contributed by atoms with Crippen LogP contribution >= 0.6 is 0 Å². The molecule has 0 saturated carbocycles. The average molecular weight is 329 g/mol. The molecule has 25 heavy (non-hydrogen) atoms. The van der Waals surface area contributed by atoms with Gasteiger partial charge in [-0.25, -0.2) is 4.79 Å². The lowest BCUT2D eigenvalue weighted by Gasteiger charge is -2.14. The summed E-state index contributed by atoms with van der Waals surface area (Å²) in [5.74, 6) is -0.788. The molecule has 3 aromatic rings. The second-order valence-corrected chi connectivity index (χ2v) is 5.30. The van der Waals surface area contributed by atoms with Crippen LogP contribution in [0.25, 0.3) is 11.1 Å². The summed E-state index contributed by atoms with van der Waals surface area (Å²) in [6.07, 6.45) is 0. The largest absolute Gasteiger partial charge is 0.370 e. The molecule has 0 aliphatic carbocycles. The highest BCUT2D eigenvalue weighted by Gasteiger charge is 2.22. The maximum absolute atomic E-state index is 12.6. The maximum atomic E-state index is 12.6. The van der Waals surface area contributed by atoms with Gasteiger partial charge < -0.3 is 0 Å². The Morgan fingerprint density at radius 3 is 1.44 bits per heavy atom. The predicted octanol–water partition coefficient (Wildman–Crippen LogP) is 4.87. The van der Waals surface area contributed by atoms with Crippen molar-refractivity contribution in [3.63, 3.8) is 0 Å². The molecular weight excluding hydrogens is 314 g/mol. The van der Waals surface area contributed by atoms with Gasteiger partial charge in [0.2, 0.25) is 0 Å². The number of nitrogens with zero attached hydrogens (tertiary/aromatic N) is 1. The maximum Gasteiger partial charge on any atom is 0.370 e. The van der Waals surface area contributed by atoms with Gasteiger partial charge in [0.1, 0.15) is 0 Å². The summed E-state index contributed by atoms with van der Waals surface area (Å²) >= 11 is 0. The van der Waals surface area contributed by atoms with Crippen molar-refractivity contribution in [3.05, 3.63) is 113 Å². The second-order valence-electron chi connectivity index (χ2n) is 5.30. The Hall–Kier alpha value is -3.53. The van der Waals surface area contributed by atoms with Crippen LogP contribution in [0.15, 0.2) is 96.3 Å². The minimum Gasteiger partial charge on any atom is -0.279 e. The SMILES string of the molecule is O=NOC(=O)C(=C(c1ccccc1)c1ccccc1)c1ccccc1. The Bertz CT molecular complexity index is 847. The molecule has 4 heteroatoms. The summed E-state index contributed by atoms with van der Waals surface area (Å²) in [4.78, 5) is 27.5. The van der Waals surface area contributed by atoms with Gasteiger partial charge in [-0.05, 0) is 16.7 Å². The second kappa shape index (κ2) is 7.84. The highest BCUT2D eigenvalue weighted by molar-refractivity contribution is 6.26. The van der Waals surface area contributed by atoms with E-state index >= 15 is 0 Å². The minimum atomic E-state index is -0.788. The monoisotopic (exact) mass is 329 g/mol. The predicted molar refractivity (Wildman–Crippen MR) is 97.1 cm³/mol. The number of hydrogen-bond donors (Lipinski definition) is 0. The molecule has 3 aromatic carbocycles. The van der Waals surface area contributed by atoms with E-state index in [-0.39, 0.29) is 5.57 Å². The standard InChI is InChI=1S/C21H15NO3/c23-21(25-22-24)20(18-14-8-3-9-15-18)19(16-10-4-1-5-11-16)17-12-6-2-7-13-17/h1-15H. The van der Waals surface area contributed by atoms with Crippen LogP contribution in [-0.4, -0.2) is 5.97 Å². The lowest BCUT2D eigenvalue weighted by atomic mass is 9.89. The number of hydrogen-bond acceptors (Lipinski definition) is 4. The van der Waals surface area contributed by atoms with Crippen molar-refractivity contribution in [1.29, 1.82) is 0 Å². The van der Waals surface area contributed by atoms with E-state index in [0.29, 0.717) is 11.1 Å². The molecule has 0 fully saturated rings. The Kier molecular flexibility index (Phi) is 5.12. The quantitative estimate of drug-likeness (QED) is 0.290. The molecule has 0 aliphatic rings. The van der Waals surface area contributed by atoms with Crippen molar-refractivity contribution in [2.24, 2.45) is 5.34 Å². The van der Waals surface area contributed by atoms with Crippen molar-refractivity contribution in [2.75, 3.05) is 0 Å². The summed E-state index contributed by atoms with van der Waals surface area (Å²) < 4.78 is 0. The van der Waals surface area contributed by atoms with Gasteiger partial charge in [-0.2, -0.15) is 0 Å². The van der Waals surface area contributed by atoms with E-state index in [1.54, 1.807) is 12.1 Å².